The summed E-state index contributed by atoms with van der Waals surface area (Å²) in [6.45, 7) is 7.31. The van der Waals surface area contributed by atoms with E-state index in [2.05, 4.69) is 28.9 Å². The predicted molar refractivity (Wildman–Crippen MR) is 111 cm³/mol. The van der Waals surface area contributed by atoms with E-state index in [4.69, 9.17) is 4.52 Å². The van der Waals surface area contributed by atoms with E-state index in [1.807, 2.05) is 54.9 Å². The van der Waals surface area contributed by atoms with Gasteiger partial charge in [0.25, 0.3) is 0 Å². The second-order valence-corrected chi connectivity index (χ2v) is 9.68. The monoisotopic (exact) mass is 416 g/mol. The van der Waals surface area contributed by atoms with Gasteiger partial charge in [0.2, 0.25) is 15.0 Å². The summed E-state index contributed by atoms with van der Waals surface area (Å²) < 4.78 is 33.0. The van der Waals surface area contributed by atoms with Crippen molar-refractivity contribution in [1.29, 1.82) is 0 Å². The fourth-order valence-electron chi connectivity index (χ4n) is 3.24. The van der Waals surface area contributed by atoms with E-state index in [1.54, 1.807) is 12.5 Å². The average Bonchev–Trinajstić information content (AvgIpc) is 3.32. The molecule has 0 aliphatic heterocycles. The number of nitrogens with zero attached hydrogens (tertiary/aromatic N) is 4. The van der Waals surface area contributed by atoms with Crippen LogP contribution in [0.4, 0.5) is 0 Å². The molecule has 0 saturated carbocycles. The van der Waals surface area contributed by atoms with Gasteiger partial charge in [-0.25, -0.2) is 13.4 Å². The lowest BCUT2D eigenvalue weighted by Gasteiger charge is -2.24. The van der Waals surface area contributed by atoms with E-state index >= 15 is 0 Å². The first kappa shape index (κ1) is 21.3. The van der Waals surface area contributed by atoms with Crippen LogP contribution in [-0.2, 0) is 28.7 Å². The van der Waals surface area contributed by atoms with Gasteiger partial charge in [-0.1, -0.05) is 49.3 Å². The van der Waals surface area contributed by atoms with Gasteiger partial charge in [-0.2, -0.15) is 0 Å². The van der Waals surface area contributed by atoms with Crippen molar-refractivity contribution in [2.45, 2.75) is 50.8 Å². The third kappa shape index (κ3) is 5.13. The third-order valence-electron chi connectivity index (χ3n) is 4.89. The molecule has 29 heavy (non-hydrogen) atoms. The fourth-order valence-corrected chi connectivity index (χ4v) is 4.74. The molecule has 0 spiro atoms. The maximum absolute atomic E-state index is 13.1. The summed E-state index contributed by atoms with van der Waals surface area (Å²) in [4.78, 5) is 6.42. The molecule has 0 radical (unpaired) electrons. The Kier molecular flexibility index (Phi) is 6.54. The molecule has 0 amide bonds. The van der Waals surface area contributed by atoms with E-state index in [-0.39, 0.29) is 22.9 Å². The minimum Gasteiger partial charge on any atom is -0.364 e. The van der Waals surface area contributed by atoms with E-state index < -0.39 is 9.84 Å². The van der Waals surface area contributed by atoms with Crippen LogP contribution in [0.1, 0.15) is 43.8 Å². The van der Waals surface area contributed by atoms with Gasteiger partial charge in [-0.15, -0.1) is 0 Å². The van der Waals surface area contributed by atoms with Gasteiger partial charge in [0.05, 0.1) is 23.7 Å². The molecule has 0 N–H and O–H groups in total. The van der Waals surface area contributed by atoms with Crippen molar-refractivity contribution in [2.24, 2.45) is 5.92 Å². The Bertz CT molecular complexity index is 1010. The Balaban J connectivity index is 1.88. The molecule has 0 bridgehead atoms. The normalized spacial score (nSPS) is 13.3. The van der Waals surface area contributed by atoms with Crippen LogP contribution in [-0.4, -0.2) is 35.1 Å². The van der Waals surface area contributed by atoms with Gasteiger partial charge in [0.1, 0.15) is 12.0 Å². The highest BCUT2D eigenvalue weighted by Gasteiger charge is 2.25. The SMILES string of the molecule is CC(C)Cn1c(CN(C)[C@@H](C)c2ccon2)cnc1S(=O)(=O)Cc1ccccc1. The Hall–Kier alpha value is -2.45. The maximum atomic E-state index is 13.1. The molecule has 0 saturated heterocycles. The van der Waals surface area contributed by atoms with E-state index in [9.17, 15) is 8.42 Å². The fraction of sp³-hybridized carbons (Fsp3) is 0.429. The number of hydrogen-bond donors (Lipinski definition) is 0. The summed E-state index contributed by atoms with van der Waals surface area (Å²) in [7, 11) is -1.59. The Morgan fingerprint density at radius 3 is 2.48 bits per heavy atom. The molecule has 1 atom stereocenters. The summed E-state index contributed by atoms with van der Waals surface area (Å²) >= 11 is 0. The van der Waals surface area contributed by atoms with Crippen LogP contribution in [0.25, 0.3) is 0 Å². The molecule has 156 valence electrons. The van der Waals surface area contributed by atoms with Crippen molar-refractivity contribution >= 4 is 9.84 Å². The highest BCUT2D eigenvalue weighted by Crippen LogP contribution is 2.23. The first-order valence-electron chi connectivity index (χ1n) is 9.69. The molecule has 7 nitrogen and oxygen atoms in total. The molecule has 3 aromatic rings. The molecular weight excluding hydrogens is 388 g/mol. The number of hydrogen-bond acceptors (Lipinski definition) is 6. The summed E-state index contributed by atoms with van der Waals surface area (Å²) in [6, 6.07) is 11.1. The highest BCUT2D eigenvalue weighted by atomic mass is 32.2. The zero-order valence-corrected chi connectivity index (χ0v) is 18.1. The molecular formula is C21H28N4O3S. The Morgan fingerprint density at radius 2 is 1.86 bits per heavy atom. The summed E-state index contributed by atoms with van der Waals surface area (Å²) in [6.07, 6.45) is 3.23. The largest absolute Gasteiger partial charge is 0.364 e. The highest BCUT2D eigenvalue weighted by molar-refractivity contribution is 7.90. The van der Waals surface area contributed by atoms with Crippen molar-refractivity contribution < 1.29 is 12.9 Å². The standard InChI is InChI=1S/C21H28N4O3S/c1-16(2)13-25-19(14-24(4)17(3)20-10-11-28-23-20)12-22-21(25)29(26,27)15-18-8-6-5-7-9-18/h5-12,16-17H,13-15H2,1-4H3/t17-/m0/s1. The molecule has 8 heteroatoms. The smallest absolute Gasteiger partial charge is 0.228 e. The van der Waals surface area contributed by atoms with Crippen LogP contribution in [0.5, 0.6) is 0 Å². The van der Waals surface area contributed by atoms with E-state index in [1.165, 1.54) is 0 Å². The lowest BCUT2D eigenvalue weighted by molar-refractivity contribution is 0.233. The van der Waals surface area contributed by atoms with Crippen LogP contribution in [0.2, 0.25) is 0 Å². The minimum absolute atomic E-state index is 0.0283. The predicted octanol–water partition coefficient (Wildman–Crippen LogP) is 3.69. The van der Waals surface area contributed by atoms with Crippen LogP contribution in [0, 0.1) is 5.92 Å². The lowest BCUT2D eigenvalue weighted by Crippen LogP contribution is -2.25. The number of sulfone groups is 1. The first-order chi connectivity index (χ1) is 13.8. The summed E-state index contributed by atoms with van der Waals surface area (Å²) in [5.74, 6) is 0.222. The Labute approximate surface area is 172 Å². The third-order valence-corrected chi connectivity index (χ3v) is 6.48. The first-order valence-corrected chi connectivity index (χ1v) is 11.3. The number of aromatic nitrogens is 3. The number of rotatable bonds is 9. The molecule has 2 heterocycles. The Morgan fingerprint density at radius 1 is 1.14 bits per heavy atom. The van der Waals surface area contributed by atoms with Crippen molar-refractivity contribution in [3.05, 3.63) is 65.8 Å². The van der Waals surface area contributed by atoms with Gasteiger partial charge < -0.3 is 9.09 Å². The zero-order valence-electron chi connectivity index (χ0n) is 17.3. The van der Waals surface area contributed by atoms with Crippen molar-refractivity contribution in [2.75, 3.05) is 7.05 Å². The second kappa shape index (κ2) is 8.92. The number of imidazole rings is 1. The van der Waals surface area contributed by atoms with E-state index in [0.29, 0.717) is 13.1 Å². The van der Waals surface area contributed by atoms with Crippen LogP contribution < -0.4 is 0 Å². The van der Waals surface area contributed by atoms with Crippen molar-refractivity contribution in [1.82, 2.24) is 19.6 Å². The zero-order chi connectivity index (χ0) is 21.0. The van der Waals surface area contributed by atoms with Gasteiger partial charge >= 0.3 is 0 Å². The van der Waals surface area contributed by atoms with Crippen LogP contribution in [0.15, 0.2) is 58.5 Å². The van der Waals surface area contributed by atoms with Crippen molar-refractivity contribution in [3.63, 3.8) is 0 Å². The van der Waals surface area contributed by atoms with Crippen LogP contribution in [0.3, 0.4) is 0 Å². The molecule has 2 aromatic heterocycles. The van der Waals surface area contributed by atoms with Gasteiger partial charge in [0, 0.05) is 19.2 Å². The number of benzene rings is 1. The summed E-state index contributed by atoms with van der Waals surface area (Å²) in [5, 5.41) is 4.14. The molecule has 0 aliphatic rings. The molecule has 1 aromatic carbocycles. The van der Waals surface area contributed by atoms with E-state index in [0.717, 1.165) is 17.0 Å². The lowest BCUT2D eigenvalue weighted by atomic mass is 10.2. The van der Waals surface area contributed by atoms with Gasteiger partial charge in [-0.3, -0.25) is 4.90 Å². The molecule has 3 rings (SSSR count). The molecule has 0 aliphatic carbocycles. The van der Waals surface area contributed by atoms with Gasteiger partial charge in [0.15, 0.2) is 0 Å². The second-order valence-electron chi connectivity index (χ2n) is 7.80. The summed E-state index contributed by atoms with van der Waals surface area (Å²) in [5.41, 5.74) is 2.45. The topological polar surface area (TPSA) is 81.2 Å². The molecule has 0 unspecified atom stereocenters. The minimum atomic E-state index is -3.56. The van der Waals surface area contributed by atoms with Gasteiger partial charge in [-0.05, 0) is 25.5 Å². The average molecular weight is 417 g/mol. The van der Waals surface area contributed by atoms with Crippen molar-refractivity contribution in [3.8, 4) is 0 Å². The maximum Gasteiger partial charge on any atom is 0.228 e. The quantitative estimate of drug-likeness (QED) is 0.529. The van der Waals surface area contributed by atoms with Crippen LogP contribution >= 0.6 is 0 Å². The molecule has 0 fully saturated rings.